The number of hydrogen-bond donors (Lipinski definition) is 3. The van der Waals surface area contributed by atoms with E-state index in [0.717, 1.165) is 0 Å². The molecule has 12 heteroatoms. The molecule has 6 nitrogen and oxygen atoms in total. The molecule has 4 N–H and O–H groups in total. The predicted molar refractivity (Wildman–Crippen MR) is 109 cm³/mol. The van der Waals surface area contributed by atoms with Gasteiger partial charge in [0.05, 0.1) is 5.70 Å². The summed E-state index contributed by atoms with van der Waals surface area (Å²) >= 11 is 0. The first-order chi connectivity index (χ1) is 14.9. The number of anilines is 2. The van der Waals surface area contributed by atoms with E-state index in [-0.39, 0.29) is 69.1 Å². The molecule has 2 fully saturated rings. The summed E-state index contributed by atoms with van der Waals surface area (Å²) in [6, 6.07) is -1.10. The Bertz CT molecular complexity index is 813. The topological polar surface area (TPSA) is 88.8 Å². The summed E-state index contributed by atoms with van der Waals surface area (Å²) < 4.78 is 79.1. The fraction of sp³-hybridized carbons (Fsp3) is 0.650. The van der Waals surface area contributed by atoms with Crippen molar-refractivity contribution in [1.82, 2.24) is 15.0 Å². The van der Waals surface area contributed by atoms with Crippen LogP contribution in [-0.2, 0) is 0 Å². The van der Waals surface area contributed by atoms with Crippen LogP contribution in [0.1, 0.15) is 57.2 Å². The summed E-state index contributed by atoms with van der Waals surface area (Å²) in [5.41, 5.74) is 5.04. The van der Waals surface area contributed by atoms with Crippen LogP contribution >= 0.6 is 0 Å². The molecule has 2 saturated carbocycles. The smallest absolute Gasteiger partial charge is 0.277 e. The van der Waals surface area contributed by atoms with Crippen LogP contribution < -0.4 is 16.4 Å². The molecule has 0 amide bonds. The number of rotatable bonds is 9. The van der Waals surface area contributed by atoms with E-state index >= 15 is 0 Å². The summed E-state index contributed by atoms with van der Waals surface area (Å²) in [4.78, 5) is 12.6. The van der Waals surface area contributed by atoms with Crippen molar-refractivity contribution in [2.45, 2.75) is 81.7 Å². The third-order valence-corrected chi connectivity index (χ3v) is 5.50. The normalized spacial score (nSPS) is 24.7. The Labute approximate surface area is 181 Å². The Hall–Kier alpha value is -2.53. The van der Waals surface area contributed by atoms with Crippen LogP contribution in [0.2, 0.25) is 0 Å². The largest absolute Gasteiger partial charge is 0.398 e. The zero-order valence-corrected chi connectivity index (χ0v) is 17.4. The molecule has 0 aliphatic heterocycles. The molecule has 0 spiro atoms. The lowest BCUT2D eigenvalue weighted by atomic mass is 10.1. The highest BCUT2D eigenvalue weighted by Crippen LogP contribution is 2.37. The molecule has 2 unspecified atom stereocenters. The number of aromatic nitrogens is 3. The maximum absolute atomic E-state index is 13.5. The highest BCUT2D eigenvalue weighted by molar-refractivity contribution is 5.59. The lowest BCUT2D eigenvalue weighted by Gasteiger charge is -2.17. The molecule has 0 saturated heterocycles. The van der Waals surface area contributed by atoms with Gasteiger partial charge >= 0.3 is 0 Å². The number of halogens is 6. The fourth-order valence-corrected chi connectivity index (χ4v) is 3.79. The molecule has 3 rings (SSSR count). The van der Waals surface area contributed by atoms with Gasteiger partial charge in [0.25, 0.3) is 6.43 Å². The van der Waals surface area contributed by atoms with Gasteiger partial charge < -0.3 is 16.4 Å². The van der Waals surface area contributed by atoms with Crippen molar-refractivity contribution in [3.63, 3.8) is 0 Å². The van der Waals surface area contributed by atoms with Gasteiger partial charge in [-0.1, -0.05) is 12.7 Å². The summed E-state index contributed by atoms with van der Waals surface area (Å²) in [6.45, 7) is 3.85. The van der Waals surface area contributed by atoms with Crippen LogP contribution in [0.3, 0.4) is 0 Å². The van der Waals surface area contributed by atoms with Crippen LogP contribution in [0.4, 0.5) is 38.2 Å². The van der Waals surface area contributed by atoms with E-state index < -0.39 is 36.1 Å². The molecule has 1 aromatic heterocycles. The third-order valence-electron chi connectivity index (χ3n) is 5.50. The lowest BCUT2D eigenvalue weighted by molar-refractivity contribution is 0.00781. The van der Waals surface area contributed by atoms with Crippen molar-refractivity contribution in [2.24, 2.45) is 5.73 Å². The van der Waals surface area contributed by atoms with Crippen LogP contribution in [-0.4, -0.2) is 45.3 Å². The minimum atomic E-state index is -2.77. The van der Waals surface area contributed by atoms with Crippen molar-refractivity contribution < 1.29 is 26.3 Å². The molecule has 32 heavy (non-hydrogen) atoms. The van der Waals surface area contributed by atoms with Crippen molar-refractivity contribution in [3.8, 4) is 0 Å². The third kappa shape index (κ3) is 6.73. The van der Waals surface area contributed by atoms with Crippen molar-refractivity contribution in [2.75, 3.05) is 10.6 Å². The standard InChI is InChI=1S/C20H26F6N6/c1-11(3-2-4-14(27)15(21)22)16-30-17(28-12-5-7-19(23,24)9-12)32-18(31-16)29-13-6-8-20(25,26)10-13/h4,12-13,15H,1-3,5-10,27H2,(H2,28,29,30,31,32)/b14-4-. The SMILES string of the molecule is C=C(CC/C=C(\N)C(F)F)c1nc(NC2CCC(F)(F)C2)nc(NC2CCC(F)(F)C2)n1. The molecule has 2 aliphatic carbocycles. The van der Waals surface area contributed by atoms with Gasteiger partial charge in [-0.25, -0.2) is 26.3 Å². The summed E-state index contributed by atoms with van der Waals surface area (Å²) in [7, 11) is 0. The van der Waals surface area contributed by atoms with E-state index in [1.807, 2.05) is 0 Å². The number of nitrogens with two attached hydrogens (primary N) is 1. The minimum Gasteiger partial charge on any atom is -0.398 e. The minimum absolute atomic E-state index is 0.0220. The second-order valence-corrected chi connectivity index (χ2v) is 8.33. The highest BCUT2D eigenvalue weighted by Gasteiger charge is 2.41. The Morgan fingerprint density at radius 1 is 1.00 bits per heavy atom. The Kier molecular flexibility index (Phi) is 7.19. The highest BCUT2D eigenvalue weighted by atomic mass is 19.3. The van der Waals surface area contributed by atoms with E-state index in [1.54, 1.807) is 0 Å². The molecule has 178 valence electrons. The number of nitrogens with zero attached hydrogens (tertiary/aromatic N) is 3. The number of nitrogens with one attached hydrogen (secondary N) is 2. The van der Waals surface area contributed by atoms with Crippen molar-refractivity contribution in [1.29, 1.82) is 0 Å². The second-order valence-electron chi connectivity index (χ2n) is 8.33. The van der Waals surface area contributed by atoms with Gasteiger partial charge in [0.1, 0.15) is 0 Å². The fourth-order valence-electron chi connectivity index (χ4n) is 3.79. The van der Waals surface area contributed by atoms with E-state index in [4.69, 9.17) is 5.73 Å². The van der Waals surface area contributed by atoms with Gasteiger partial charge in [-0.2, -0.15) is 15.0 Å². The zero-order chi connectivity index (χ0) is 23.5. The monoisotopic (exact) mass is 464 g/mol. The molecular weight excluding hydrogens is 438 g/mol. The van der Waals surface area contributed by atoms with Crippen LogP contribution in [0.15, 0.2) is 18.4 Å². The molecule has 1 aromatic rings. The molecule has 0 bridgehead atoms. The molecule has 2 aliphatic rings. The van der Waals surface area contributed by atoms with E-state index in [2.05, 4.69) is 32.2 Å². The first kappa shape index (κ1) is 24.1. The van der Waals surface area contributed by atoms with E-state index in [1.165, 1.54) is 6.08 Å². The van der Waals surface area contributed by atoms with Gasteiger partial charge in [-0.15, -0.1) is 0 Å². The van der Waals surface area contributed by atoms with Gasteiger partial charge in [0.2, 0.25) is 23.7 Å². The summed E-state index contributed by atoms with van der Waals surface area (Å²) in [5.74, 6) is -5.39. The molecule has 2 atom stereocenters. The Morgan fingerprint density at radius 2 is 1.50 bits per heavy atom. The van der Waals surface area contributed by atoms with Gasteiger partial charge in [0.15, 0.2) is 5.82 Å². The Balaban J connectivity index is 1.75. The van der Waals surface area contributed by atoms with Gasteiger partial charge in [0, 0.05) is 37.8 Å². The van der Waals surface area contributed by atoms with Crippen LogP contribution in [0.5, 0.6) is 0 Å². The quantitative estimate of drug-likeness (QED) is 0.447. The van der Waals surface area contributed by atoms with E-state index in [9.17, 15) is 26.3 Å². The maximum Gasteiger partial charge on any atom is 0.277 e. The van der Waals surface area contributed by atoms with Gasteiger partial charge in [-0.3, -0.25) is 0 Å². The molecule has 0 aromatic carbocycles. The number of alkyl halides is 6. The maximum atomic E-state index is 13.5. The van der Waals surface area contributed by atoms with Crippen LogP contribution in [0, 0.1) is 0 Å². The Morgan fingerprint density at radius 3 is 1.91 bits per heavy atom. The first-order valence-electron chi connectivity index (χ1n) is 10.4. The predicted octanol–water partition coefficient (Wildman–Crippen LogP) is 4.97. The average molecular weight is 464 g/mol. The average Bonchev–Trinajstić information content (AvgIpc) is 3.21. The number of allylic oxidation sites excluding steroid dienone is 3. The zero-order valence-electron chi connectivity index (χ0n) is 17.4. The summed E-state index contributed by atoms with van der Waals surface area (Å²) in [6.07, 6.45) is -2.01. The lowest BCUT2D eigenvalue weighted by Crippen LogP contribution is -2.24. The van der Waals surface area contributed by atoms with Crippen molar-refractivity contribution >= 4 is 17.5 Å². The van der Waals surface area contributed by atoms with Gasteiger partial charge in [-0.05, 0) is 31.3 Å². The number of hydrogen-bond acceptors (Lipinski definition) is 6. The first-order valence-corrected chi connectivity index (χ1v) is 10.4. The van der Waals surface area contributed by atoms with Crippen LogP contribution in [0.25, 0.3) is 5.57 Å². The molecular formula is C20H26F6N6. The molecule has 1 heterocycles. The molecule has 0 radical (unpaired) electrons. The summed E-state index contributed by atoms with van der Waals surface area (Å²) in [5, 5.41) is 5.72. The second kappa shape index (κ2) is 9.53. The van der Waals surface area contributed by atoms with E-state index in [0.29, 0.717) is 5.57 Å². The van der Waals surface area contributed by atoms with Crippen molar-refractivity contribution in [3.05, 3.63) is 24.2 Å².